The minimum atomic E-state index is 0.755. The van der Waals surface area contributed by atoms with Gasteiger partial charge in [-0.1, -0.05) is 18.2 Å². The first-order valence-corrected chi connectivity index (χ1v) is 5.39. The largest absolute Gasteiger partial charge is 0.496 e. The van der Waals surface area contributed by atoms with Crippen LogP contribution < -0.4 is 4.74 Å². The van der Waals surface area contributed by atoms with Crippen LogP contribution in [-0.4, -0.2) is 16.7 Å². The molecule has 3 nitrogen and oxygen atoms in total. The van der Waals surface area contributed by atoms with Crippen LogP contribution in [0.5, 0.6) is 5.75 Å². The highest BCUT2D eigenvalue weighted by Gasteiger charge is 2.04. The fourth-order valence-electron chi connectivity index (χ4n) is 1.45. The van der Waals surface area contributed by atoms with E-state index < -0.39 is 0 Å². The summed E-state index contributed by atoms with van der Waals surface area (Å²) in [4.78, 5) is 4.11. The van der Waals surface area contributed by atoms with Crippen LogP contribution in [0.25, 0.3) is 0 Å². The third-order valence-corrected chi connectivity index (χ3v) is 2.86. The quantitative estimate of drug-likeness (QED) is 0.854. The lowest BCUT2D eigenvalue weighted by molar-refractivity contribution is 0.408. The standard InChI is InChI=1S/C11H11BrN2O/c1-15-10-5-3-2-4-9(10)8-14-7-6-13-11(14)12/h2-7H,8H2,1H3. The van der Waals surface area contributed by atoms with Crippen LogP contribution in [0.1, 0.15) is 5.56 Å². The van der Waals surface area contributed by atoms with E-state index in [9.17, 15) is 0 Å². The van der Waals surface area contributed by atoms with Crippen LogP contribution in [-0.2, 0) is 6.54 Å². The highest BCUT2D eigenvalue weighted by Crippen LogP contribution is 2.19. The molecule has 0 aliphatic rings. The molecule has 15 heavy (non-hydrogen) atoms. The first-order valence-electron chi connectivity index (χ1n) is 4.60. The predicted octanol–water partition coefficient (Wildman–Crippen LogP) is 2.70. The number of halogens is 1. The number of hydrogen-bond acceptors (Lipinski definition) is 2. The van der Waals surface area contributed by atoms with Gasteiger partial charge in [-0.25, -0.2) is 4.98 Å². The fraction of sp³-hybridized carbons (Fsp3) is 0.182. The van der Waals surface area contributed by atoms with Crippen LogP contribution in [0.2, 0.25) is 0 Å². The fourth-order valence-corrected chi connectivity index (χ4v) is 1.81. The molecule has 0 unspecified atom stereocenters. The summed E-state index contributed by atoms with van der Waals surface area (Å²) < 4.78 is 8.12. The second kappa shape index (κ2) is 4.49. The number of aromatic nitrogens is 2. The van der Waals surface area contributed by atoms with Gasteiger partial charge in [0.15, 0.2) is 4.73 Å². The lowest BCUT2D eigenvalue weighted by Gasteiger charge is -2.09. The zero-order chi connectivity index (χ0) is 10.7. The van der Waals surface area contributed by atoms with Gasteiger partial charge in [0.05, 0.1) is 13.7 Å². The number of para-hydroxylation sites is 1. The first-order chi connectivity index (χ1) is 7.31. The summed E-state index contributed by atoms with van der Waals surface area (Å²) in [6.45, 7) is 0.755. The van der Waals surface area contributed by atoms with Gasteiger partial charge in [0.2, 0.25) is 0 Å². The Balaban J connectivity index is 2.28. The Labute approximate surface area is 96.8 Å². The van der Waals surface area contributed by atoms with Crippen molar-refractivity contribution in [1.29, 1.82) is 0 Å². The number of imidazole rings is 1. The van der Waals surface area contributed by atoms with Crippen LogP contribution in [0, 0.1) is 0 Å². The van der Waals surface area contributed by atoms with Crippen molar-refractivity contribution >= 4 is 15.9 Å². The van der Waals surface area contributed by atoms with Gasteiger partial charge in [-0.2, -0.15) is 0 Å². The van der Waals surface area contributed by atoms with Gasteiger partial charge in [-0.05, 0) is 22.0 Å². The zero-order valence-electron chi connectivity index (χ0n) is 8.35. The Morgan fingerprint density at radius 1 is 1.40 bits per heavy atom. The van der Waals surface area contributed by atoms with Crippen molar-refractivity contribution in [2.45, 2.75) is 6.54 Å². The number of rotatable bonds is 3. The van der Waals surface area contributed by atoms with Gasteiger partial charge in [0.25, 0.3) is 0 Å². The van der Waals surface area contributed by atoms with Crippen molar-refractivity contribution in [1.82, 2.24) is 9.55 Å². The van der Waals surface area contributed by atoms with Gasteiger partial charge < -0.3 is 9.30 Å². The van der Waals surface area contributed by atoms with Crippen molar-refractivity contribution in [3.05, 3.63) is 47.0 Å². The average molecular weight is 267 g/mol. The summed E-state index contributed by atoms with van der Waals surface area (Å²) >= 11 is 3.38. The van der Waals surface area contributed by atoms with Crippen molar-refractivity contribution in [3.63, 3.8) is 0 Å². The molecule has 0 bridgehead atoms. The molecule has 0 saturated heterocycles. The van der Waals surface area contributed by atoms with Gasteiger partial charge in [0, 0.05) is 18.0 Å². The lowest BCUT2D eigenvalue weighted by Crippen LogP contribution is -2.00. The summed E-state index contributed by atoms with van der Waals surface area (Å²) in [5.41, 5.74) is 1.14. The summed E-state index contributed by atoms with van der Waals surface area (Å²) in [5.74, 6) is 0.901. The molecule has 0 atom stereocenters. The van der Waals surface area contributed by atoms with E-state index >= 15 is 0 Å². The van der Waals surface area contributed by atoms with E-state index in [0.29, 0.717) is 0 Å². The number of nitrogens with zero attached hydrogens (tertiary/aromatic N) is 2. The maximum atomic E-state index is 5.28. The summed E-state index contributed by atoms with van der Waals surface area (Å²) in [6.07, 6.45) is 3.69. The highest BCUT2D eigenvalue weighted by atomic mass is 79.9. The molecule has 0 saturated carbocycles. The third-order valence-electron chi connectivity index (χ3n) is 2.20. The maximum absolute atomic E-state index is 5.28. The van der Waals surface area contributed by atoms with Crippen molar-refractivity contribution in [3.8, 4) is 5.75 Å². The highest BCUT2D eigenvalue weighted by molar-refractivity contribution is 9.10. The number of ether oxygens (including phenoxy) is 1. The second-order valence-electron chi connectivity index (χ2n) is 3.14. The molecule has 0 N–H and O–H groups in total. The molecule has 0 amide bonds. The minimum absolute atomic E-state index is 0.755. The topological polar surface area (TPSA) is 27.1 Å². The molecule has 0 aliphatic carbocycles. The molecule has 2 aromatic rings. The Kier molecular flexibility index (Phi) is 3.06. The van der Waals surface area contributed by atoms with E-state index in [2.05, 4.69) is 20.9 Å². The smallest absolute Gasteiger partial charge is 0.177 e. The van der Waals surface area contributed by atoms with Crippen LogP contribution in [0.3, 0.4) is 0 Å². The molecule has 0 spiro atoms. The Hall–Kier alpha value is -1.29. The predicted molar refractivity (Wildman–Crippen MR) is 62.0 cm³/mol. The zero-order valence-corrected chi connectivity index (χ0v) is 9.94. The molecule has 0 radical (unpaired) electrons. The van der Waals surface area contributed by atoms with Gasteiger partial charge in [-0.15, -0.1) is 0 Å². The molecule has 4 heteroatoms. The average Bonchev–Trinajstić information content (AvgIpc) is 2.65. The summed E-state index contributed by atoms with van der Waals surface area (Å²) in [6, 6.07) is 7.97. The SMILES string of the molecule is COc1ccccc1Cn1ccnc1Br. The van der Waals surface area contributed by atoms with E-state index in [4.69, 9.17) is 4.74 Å². The Morgan fingerprint density at radius 3 is 2.87 bits per heavy atom. The third kappa shape index (κ3) is 2.21. The van der Waals surface area contributed by atoms with Gasteiger partial charge in [0.1, 0.15) is 5.75 Å². The minimum Gasteiger partial charge on any atom is -0.496 e. The van der Waals surface area contributed by atoms with Crippen molar-refractivity contribution in [2.75, 3.05) is 7.11 Å². The maximum Gasteiger partial charge on any atom is 0.177 e. The lowest BCUT2D eigenvalue weighted by atomic mass is 10.2. The van der Waals surface area contributed by atoms with Crippen molar-refractivity contribution in [2.24, 2.45) is 0 Å². The molecule has 2 rings (SSSR count). The van der Waals surface area contributed by atoms with Crippen LogP contribution in [0.4, 0.5) is 0 Å². The summed E-state index contributed by atoms with van der Waals surface area (Å²) in [7, 11) is 1.68. The number of methoxy groups -OCH3 is 1. The Bertz CT molecular complexity index is 453. The van der Waals surface area contributed by atoms with E-state index in [1.165, 1.54) is 0 Å². The normalized spacial score (nSPS) is 10.3. The van der Waals surface area contributed by atoms with Crippen LogP contribution in [0.15, 0.2) is 41.4 Å². The molecule has 0 aliphatic heterocycles. The molecule has 1 heterocycles. The van der Waals surface area contributed by atoms with E-state index in [-0.39, 0.29) is 0 Å². The molecule has 1 aromatic carbocycles. The van der Waals surface area contributed by atoms with Crippen LogP contribution >= 0.6 is 15.9 Å². The van der Waals surface area contributed by atoms with Gasteiger partial charge >= 0.3 is 0 Å². The molecular weight excluding hydrogens is 256 g/mol. The van der Waals surface area contributed by atoms with E-state index in [1.54, 1.807) is 13.3 Å². The number of benzene rings is 1. The van der Waals surface area contributed by atoms with E-state index in [1.807, 2.05) is 35.0 Å². The monoisotopic (exact) mass is 266 g/mol. The summed E-state index contributed by atoms with van der Waals surface area (Å²) in [5, 5.41) is 0. The first kappa shape index (κ1) is 10.2. The second-order valence-corrected chi connectivity index (χ2v) is 3.85. The molecular formula is C11H11BrN2O. The number of hydrogen-bond donors (Lipinski definition) is 0. The Morgan fingerprint density at radius 2 is 2.20 bits per heavy atom. The van der Waals surface area contributed by atoms with Crippen molar-refractivity contribution < 1.29 is 4.74 Å². The van der Waals surface area contributed by atoms with E-state index in [0.717, 1.165) is 22.6 Å². The van der Waals surface area contributed by atoms with Gasteiger partial charge in [-0.3, -0.25) is 0 Å². The molecule has 78 valence electrons. The molecule has 1 aromatic heterocycles. The molecule has 0 fully saturated rings.